The summed E-state index contributed by atoms with van der Waals surface area (Å²) >= 11 is 4.92. The van der Waals surface area contributed by atoms with Gasteiger partial charge in [0.2, 0.25) is 0 Å². The highest BCUT2D eigenvalue weighted by Crippen LogP contribution is 2.37. The molecular weight excluding hydrogens is 1550 g/mol. The highest BCUT2D eigenvalue weighted by atomic mass is 35.5. The van der Waals surface area contributed by atoms with Crippen molar-refractivity contribution in [2.45, 2.75) is 166 Å². The van der Waals surface area contributed by atoms with Gasteiger partial charge in [-0.3, -0.25) is 34.6 Å². The van der Waals surface area contributed by atoms with Crippen molar-refractivity contribution in [1.82, 2.24) is 41.3 Å². The first kappa shape index (κ1) is 90.9. The summed E-state index contributed by atoms with van der Waals surface area (Å²) in [6.07, 6.45) is -12.8. The van der Waals surface area contributed by atoms with E-state index in [0.717, 1.165) is 46.2 Å². The Morgan fingerprint density at radius 1 is 0.496 bits per heavy atom. The number of anilines is 2. The molecule has 113 heavy (non-hydrogen) atoms. The zero-order chi connectivity index (χ0) is 84.6. The second kappa shape index (κ2) is 37.1. The minimum absolute atomic E-state index is 0.0364. The Bertz CT molecular complexity index is 4110. The van der Waals surface area contributed by atoms with Crippen LogP contribution in [0.15, 0.2) is 97.1 Å². The molecule has 0 aliphatic carbocycles. The molecule has 7 heterocycles. The second-order valence-electron chi connectivity index (χ2n) is 28.7. The van der Waals surface area contributed by atoms with Gasteiger partial charge in [-0.15, -0.1) is 39.5 Å². The smallest absolute Gasteiger partial charge is 0.444 e. The van der Waals surface area contributed by atoms with Gasteiger partial charge in [-0.25, -0.2) is 43.4 Å². The topological polar surface area (TPSA) is 412 Å². The lowest BCUT2D eigenvalue weighted by Crippen LogP contribution is -2.56. The molecule has 0 radical (unpaired) electrons. The number of ether oxygens (including phenoxy) is 7. The normalized spacial score (nSPS) is 17.7. The van der Waals surface area contributed by atoms with Gasteiger partial charge in [0, 0.05) is 88.0 Å². The molecule has 3 spiro atoms. The summed E-state index contributed by atoms with van der Waals surface area (Å²) in [6.45, 7) is 19.4. The van der Waals surface area contributed by atoms with Crippen LogP contribution in [-0.2, 0) is 33.4 Å². The van der Waals surface area contributed by atoms with Crippen molar-refractivity contribution < 1.29 is 140 Å². The summed E-state index contributed by atoms with van der Waals surface area (Å²) < 4.78 is 141. The zero-order valence-corrected chi connectivity index (χ0v) is 62.9. The molecule has 12 amide bonds. The third-order valence-electron chi connectivity index (χ3n) is 16.6. The molecule has 0 bridgehead atoms. The van der Waals surface area contributed by atoms with Crippen LogP contribution in [0.1, 0.15) is 114 Å². The van der Waals surface area contributed by atoms with Crippen molar-refractivity contribution in [2.75, 3.05) is 62.2 Å². The number of Topliss-reactive ketones (excluding diaryl/α,β-unsaturated/α-hetero) is 1. The number of alkyl halides is 9. The van der Waals surface area contributed by atoms with Crippen molar-refractivity contribution in [3.63, 3.8) is 0 Å². The second-order valence-corrected chi connectivity index (χ2v) is 29.0. The fourth-order valence-corrected chi connectivity index (χ4v) is 11.5. The van der Waals surface area contributed by atoms with Gasteiger partial charge in [-0.2, -0.15) is 0 Å². The van der Waals surface area contributed by atoms with E-state index in [1.54, 1.807) is 51.3 Å². The lowest BCUT2D eigenvalue weighted by Gasteiger charge is -2.37. The molecule has 7 fully saturated rings. The Morgan fingerprint density at radius 2 is 0.858 bits per heavy atom. The number of nitrogens with zero attached hydrogens (tertiary/aromatic N) is 6. The Labute approximate surface area is 644 Å². The van der Waals surface area contributed by atoms with E-state index < -0.39 is 123 Å². The van der Waals surface area contributed by atoms with E-state index in [4.69, 9.17) is 35.9 Å². The summed E-state index contributed by atoms with van der Waals surface area (Å²) in [6, 6.07) is 17.1. The predicted octanol–water partition coefficient (Wildman–Crippen LogP) is 9.95. The number of rotatable bonds is 8. The number of hydrogen-bond acceptors (Lipinski definition) is 23. The number of nitrogens with one attached hydrogen (secondary N) is 5. The van der Waals surface area contributed by atoms with E-state index in [2.05, 4.69) is 45.5 Å². The van der Waals surface area contributed by atoms with Crippen molar-refractivity contribution in [2.24, 2.45) is 0 Å². The fourth-order valence-electron chi connectivity index (χ4n) is 11.4. The number of imide groups is 3. The van der Waals surface area contributed by atoms with Crippen LogP contribution >= 0.6 is 11.6 Å². The molecule has 0 unspecified atom stereocenters. The van der Waals surface area contributed by atoms with Gasteiger partial charge in [0.1, 0.15) is 62.2 Å². The maximum absolute atomic E-state index is 13.0. The average Bonchev–Trinajstić information content (AvgIpc) is 1.62. The monoisotopic (exact) mass is 1630 g/mol. The highest BCUT2D eigenvalue weighted by Gasteiger charge is 2.55. The number of carbonyl (C=O) groups is 11. The lowest BCUT2D eigenvalue weighted by molar-refractivity contribution is -0.384. The Morgan fingerprint density at radius 3 is 1.20 bits per heavy atom. The standard InChI is InChI=1S/C19H22F3N3O5.C14H14F3N3O3.C12H19N3O4.C10H17NO3.C7H6BF3O3.C7H4ClNO4/c1-17(2,3)30-16(28)24-9-7-18(8-10-24)14(26)25(15(27)23-18)12-5-4-6-13(11-12)29-19(20,21)22;15-14(16,17)23-10-3-1-2-9(8-10)20-11(21)13(19-12(20)22)4-6-18-7-5-13;1-11(2,3)19-10(18)15-6-4-12(5-7-15)8(16)13-9(17)14-12;1-10(2,3)14-9(13)11-6-4-8(12)5-7-11;9-7(10,11)14-6-3-1-2-5(4-6)8(12)13;8-7(10)13-6-3-1-5(2-4-6)9(11)12/h4-6,11H,7-10H2,1-3H3,(H,23,27);1-3,8,18H,4-7H2,(H,19,22);4-7H2,1-3H3,(H2,13,14,16,17);4-7H2,1-3H3;1-4,12-13H;1-4H. The third-order valence-corrected chi connectivity index (χ3v) is 16.6. The number of non-ortho nitro benzene ring substituents is 1. The molecule has 4 aromatic rings. The van der Waals surface area contributed by atoms with Crippen molar-refractivity contribution in [3.8, 4) is 23.0 Å². The Balaban J connectivity index is 0.000000217. The predicted molar refractivity (Wildman–Crippen MR) is 379 cm³/mol. The Kier molecular flexibility index (Phi) is 29.9. The SMILES string of the molecule is CC(C)(C)OC(=O)N1CCC(=O)CC1.CC(C)(C)OC(=O)N1CCC2(CC1)NC(=O)N(c1cccc(OC(F)(F)F)c1)C2=O.CC(C)(C)OC(=O)N1CCC2(CC1)NC(=O)NC2=O.O=C(Cl)Oc1ccc([N+](=O)[O-])cc1.O=C1NC2(CCNCC2)C(=O)N1c1cccc(OC(F)(F)F)c1.OB(O)c1cccc(OC(F)(F)F)c1. The Hall–Kier alpha value is -10.9. The van der Waals surface area contributed by atoms with Crippen molar-refractivity contribution in [1.29, 1.82) is 0 Å². The molecule has 11 rings (SSSR count). The number of likely N-dealkylation sites (tertiary alicyclic amines) is 3. The molecule has 7 aliphatic rings. The zero-order valence-electron chi connectivity index (χ0n) is 62.2. The minimum atomic E-state index is -4.90. The number of nitro benzene ring substituents is 1. The first-order chi connectivity index (χ1) is 52.2. The lowest BCUT2D eigenvalue weighted by atomic mass is 9.80. The summed E-state index contributed by atoms with van der Waals surface area (Å²) in [5.74, 6) is -2.45. The quantitative estimate of drug-likeness (QED) is 0.0164. The van der Waals surface area contributed by atoms with E-state index >= 15 is 0 Å². The van der Waals surface area contributed by atoms with Crippen LogP contribution in [0.2, 0.25) is 0 Å². The summed E-state index contributed by atoms with van der Waals surface area (Å²) in [5.41, 5.74) is -5.83. The van der Waals surface area contributed by atoms with Gasteiger partial charge in [-0.05, 0) is 168 Å². The van der Waals surface area contributed by atoms with Crippen molar-refractivity contribution in [3.05, 3.63) is 107 Å². The van der Waals surface area contributed by atoms with Gasteiger partial charge in [-0.1, -0.05) is 24.3 Å². The largest absolute Gasteiger partial charge is 0.573 e. The number of benzene rings is 4. The summed E-state index contributed by atoms with van der Waals surface area (Å²) in [5, 5.41) is 40.8. The van der Waals surface area contributed by atoms with Crippen molar-refractivity contribution >= 4 is 107 Å². The van der Waals surface area contributed by atoms with E-state index in [-0.39, 0.29) is 78.1 Å². The molecule has 33 nitrogen and oxygen atoms in total. The number of hydrogen-bond donors (Lipinski definition) is 7. The minimum Gasteiger partial charge on any atom is -0.444 e. The maximum atomic E-state index is 13.0. The number of urea groups is 3. The van der Waals surface area contributed by atoms with Gasteiger partial charge in [0.15, 0.2) is 0 Å². The molecule has 7 aliphatic heterocycles. The molecule has 618 valence electrons. The molecule has 0 saturated carbocycles. The van der Waals surface area contributed by atoms with Crippen LogP contribution in [-0.4, -0.2) is 207 Å². The number of piperidine rings is 4. The number of amides is 12. The molecular formula is C69H82BClF9N11O22. The van der Waals surface area contributed by atoms with Crippen LogP contribution in [0.25, 0.3) is 0 Å². The van der Waals surface area contributed by atoms with E-state index in [9.17, 15) is 102 Å². The van der Waals surface area contributed by atoms with Crippen LogP contribution in [0, 0.1) is 10.1 Å². The first-order valence-electron chi connectivity index (χ1n) is 34.4. The number of ketones is 1. The van der Waals surface area contributed by atoms with E-state index in [1.165, 1.54) is 65.6 Å². The van der Waals surface area contributed by atoms with E-state index in [1.807, 2.05) is 20.8 Å². The van der Waals surface area contributed by atoms with Crippen LogP contribution in [0.3, 0.4) is 0 Å². The molecule has 44 heteroatoms. The number of carbonyl (C=O) groups excluding carboxylic acids is 11. The average molecular weight is 1630 g/mol. The molecule has 0 atom stereocenters. The summed E-state index contributed by atoms with van der Waals surface area (Å²) in [7, 11) is -1.81. The van der Waals surface area contributed by atoms with Gasteiger partial charge in [0.25, 0.3) is 23.4 Å². The molecule has 4 aromatic carbocycles. The highest BCUT2D eigenvalue weighted by molar-refractivity contribution is 6.61. The van der Waals surface area contributed by atoms with Crippen LogP contribution < -0.4 is 60.8 Å². The van der Waals surface area contributed by atoms with Crippen LogP contribution in [0.4, 0.5) is 90.1 Å². The maximum Gasteiger partial charge on any atom is 0.573 e. The molecule has 7 saturated heterocycles. The first-order valence-corrected chi connectivity index (χ1v) is 34.7. The third kappa shape index (κ3) is 28.0. The number of nitro groups is 1. The fraction of sp³-hybridized carbons (Fsp3) is 0.493. The molecule has 0 aromatic heterocycles. The number of halogens is 10. The summed E-state index contributed by atoms with van der Waals surface area (Å²) in [4.78, 5) is 146. The van der Waals surface area contributed by atoms with Gasteiger partial charge in [0.05, 0.1) is 16.3 Å². The van der Waals surface area contributed by atoms with Gasteiger partial charge < -0.3 is 79.2 Å². The van der Waals surface area contributed by atoms with E-state index in [0.29, 0.717) is 77.8 Å². The molecule has 7 N–H and O–H groups in total. The van der Waals surface area contributed by atoms with Crippen LogP contribution in [0.5, 0.6) is 23.0 Å². The van der Waals surface area contributed by atoms with Gasteiger partial charge >= 0.3 is 68.0 Å².